The number of nitrogens with one attached hydrogen (secondary N) is 2. The highest BCUT2D eigenvalue weighted by Gasteiger charge is 1.99. The van der Waals surface area contributed by atoms with Gasteiger partial charge in [-0.3, -0.25) is 9.78 Å². The summed E-state index contributed by atoms with van der Waals surface area (Å²) >= 11 is 3.30. The number of nitrogens with zero attached hydrogens (tertiary/aromatic N) is 2. The first kappa shape index (κ1) is 13.3. The van der Waals surface area contributed by atoms with Crippen LogP contribution in [-0.2, 0) is 0 Å². The predicted octanol–water partition coefficient (Wildman–Crippen LogP) is 1.99. The van der Waals surface area contributed by atoms with Crippen LogP contribution in [0.15, 0.2) is 38.6 Å². The van der Waals surface area contributed by atoms with Gasteiger partial charge in [-0.25, -0.2) is 10.4 Å². The lowest BCUT2D eigenvalue weighted by atomic mass is 10.2. The summed E-state index contributed by atoms with van der Waals surface area (Å²) in [6.45, 7) is 1.71. The molecule has 98 valence electrons. The Hall–Kier alpha value is -2.15. The minimum Gasteiger partial charge on any atom is -0.507 e. The van der Waals surface area contributed by atoms with Gasteiger partial charge in [0.15, 0.2) is 0 Å². The van der Waals surface area contributed by atoms with Crippen LogP contribution in [0.5, 0.6) is 5.75 Å². The maximum Gasteiger partial charge on any atom is 0.252 e. The highest BCUT2D eigenvalue weighted by atomic mass is 79.9. The molecule has 1 aromatic carbocycles. The van der Waals surface area contributed by atoms with Gasteiger partial charge >= 0.3 is 0 Å². The number of anilines is 1. The molecule has 19 heavy (non-hydrogen) atoms. The van der Waals surface area contributed by atoms with Crippen molar-refractivity contribution < 1.29 is 5.11 Å². The fourth-order valence-corrected chi connectivity index (χ4v) is 1.80. The fraction of sp³-hybridized carbons (Fsp3) is 0.0833. The molecule has 0 spiro atoms. The summed E-state index contributed by atoms with van der Waals surface area (Å²) in [5.41, 5.74) is 3.47. The molecule has 6 nitrogen and oxygen atoms in total. The lowest BCUT2D eigenvalue weighted by molar-refractivity contribution is 0.474. The summed E-state index contributed by atoms with van der Waals surface area (Å²) in [6, 6.07) is 6.37. The predicted molar refractivity (Wildman–Crippen MR) is 76.6 cm³/mol. The number of rotatable bonds is 3. The van der Waals surface area contributed by atoms with E-state index in [0.29, 0.717) is 11.3 Å². The van der Waals surface area contributed by atoms with Crippen molar-refractivity contribution in [2.24, 2.45) is 5.10 Å². The number of benzene rings is 1. The van der Waals surface area contributed by atoms with Gasteiger partial charge in [-0.1, -0.05) is 15.9 Å². The molecule has 2 rings (SSSR count). The summed E-state index contributed by atoms with van der Waals surface area (Å²) in [7, 11) is 0. The van der Waals surface area contributed by atoms with Gasteiger partial charge in [0.25, 0.3) is 5.56 Å². The van der Waals surface area contributed by atoms with Crippen LogP contribution in [0.25, 0.3) is 0 Å². The Labute approximate surface area is 117 Å². The van der Waals surface area contributed by atoms with Crippen LogP contribution in [0.4, 0.5) is 5.95 Å². The number of aromatic hydroxyl groups is 1. The van der Waals surface area contributed by atoms with E-state index in [1.54, 1.807) is 25.1 Å². The average Bonchev–Trinajstić information content (AvgIpc) is 2.32. The van der Waals surface area contributed by atoms with E-state index in [-0.39, 0.29) is 17.3 Å². The second kappa shape index (κ2) is 5.66. The fourth-order valence-electron chi connectivity index (χ4n) is 1.42. The summed E-state index contributed by atoms with van der Waals surface area (Å²) in [6.07, 6.45) is 1.43. The molecule has 1 aromatic heterocycles. The molecule has 1 heterocycles. The van der Waals surface area contributed by atoms with Gasteiger partial charge in [-0.15, -0.1) is 0 Å². The number of phenols is 1. The number of hydrazone groups is 1. The standard InChI is InChI=1S/C12H11BrN4O2/c1-7-4-11(19)16-12(15-7)17-14-6-8-5-9(13)2-3-10(8)18/h2-6,18H,1H3,(H2,15,16,17,19)/b14-6-. The minimum absolute atomic E-state index is 0.111. The van der Waals surface area contributed by atoms with Crippen LogP contribution in [0.1, 0.15) is 11.3 Å². The first-order valence-corrected chi connectivity index (χ1v) is 6.19. The second-order valence-corrected chi connectivity index (χ2v) is 4.72. The third-order valence-corrected chi connectivity index (χ3v) is 2.73. The Balaban J connectivity index is 2.15. The van der Waals surface area contributed by atoms with Crippen molar-refractivity contribution in [2.75, 3.05) is 5.43 Å². The van der Waals surface area contributed by atoms with E-state index in [2.05, 4.69) is 36.4 Å². The Morgan fingerprint density at radius 2 is 2.26 bits per heavy atom. The number of halogens is 1. The number of hydrogen-bond acceptors (Lipinski definition) is 5. The largest absolute Gasteiger partial charge is 0.507 e. The summed E-state index contributed by atoms with van der Waals surface area (Å²) < 4.78 is 0.828. The van der Waals surface area contributed by atoms with Crippen molar-refractivity contribution in [1.29, 1.82) is 0 Å². The first-order chi connectivity index (χ1) is 9.04. The van der Waals surface area contributed by atoms with Gasteiger partial charge in [0.05, 0.1) is 6.21 Å². The molecule has 7 heteroatoms. The van der Waals surface area contributed by atoms with Crippen molar-refractivity contribution in [1.82, 2.24) is 9.97 Å². The number of aryl methyl sites for hydroxylation is 1. The number of aromatic amines is 1. The minimum atomic E-state index is -0.254. The van der Waals surface area contributed by atoms with Gasteiger partial charge in [-0.05, 0) is 25.1 Å². The van der Waals surface area contributed by atoms with Crippen molar-refractivity contribution in [3.63, 3.8) is 0 Å². The van der Waals surface area contributed by atoms with Crippen LogP contribution in [0.3, 0.4) is 0 Å². The zero-order valence-electron chi connectivity index (χ0n) is 10.0. The summed E-state index contributed by atoms with van der Waals surface area (Å²) in [4.78, 5) is 17.8. The van der Waals surface area contributed by atoms with Crippen LogP contribution in [-0.4, -0.2) is 21.3 Å². The molecule has 0 amide bonds. The van der Waals surface area contributed by atoms with Gasteiger partial charge < -0.3 is 5.11 Å². The maximum absolute atomic E-state index is 11.2. The van der Waals surface area contributed by atoms with E-state index in [1.165, 1.54) is 12.3 Å². The Morgan fingerprint density at radius 3 is 3.00 bits per heavy atom. The molecule has 0 saturated heterocycles. The van der Waals surface area contributed by atoms with Crippen molar-refractivity contribution in [3.8, 4) is 5.75 Å². The maximum atomic E-state index is 11.2. The van der Waals surface area contributed by atoms with Crippen LogP contribution in [0.2, 0.25) is 0 Å². The van der Waals surface area contributed by atoms with Crippen LogP contribution >= 0.6 is 15.9 Å². The SMILES string of the molecule is Cc1cc(=O)[nH]c(N/N=C\c2cc(Br)ccc2O)n1. The zero-order chi connectivity index (χ0) is 13.8. The molecule has 0 saturated carbocycles. The number of H-pyrrole nitrogens is 1. The second-order valence-electron chi connectivity index (χ2n) is 3.81. The molecular weight excluding hydrogens is 312 g/mol. The third kappa shape index (κ3) is 3.65. The molecule has 0 radical (unpaired) electrons. The Kier molecular flexibility index (Phi) is 3.96. The highest BCUT2D eigenvalue weighted by Crippen LogP contribution is 2.19. The quantitative estimate of drug-likeness (QED) is 0.595. The topological polar surface area (TPSA) is 90.4 Å². The smallest absolute Gasteiger partial charge is 0.252 e. The van der Waals surface area contributed by atoms with E-state index in [1.807, 2.05) is 0 Å². The summed E-state index contributed by atoms with van der Waals surface area (Å²) in [5.74, 6) is 0.357. The molecule has 3 N–H and O–H groups in total. The first-order valence-electron chi connectivity index (χ1n) is 5.40. The van der Waals surface area contributed by atoms with Crippen molar-refractivity contribution >= 4 is 28.1 Å². The monoisotopic (exact) mass is 322 g/mol. The van der Waals surface area contributed by atoms with Crippen molar-refractivity contribution in [2.45, 2.75) is 6.92 Å². The number of aromatic nitrogens is 2. The van der Waals surface area contributed by atoms with E-state index in [0.717, 1.165) is 4.47 Å². The van der Waals surface area contributed by atoms with Gasteiger partial charge in [-0.2, -0.15) is 5.10 Å². The van der Waals surface area contributed by atoms with E-state index in [9.17, 15) is 9.90 Å². The normalized spacial score (nSPS) is 10.8. The molecule has 0 aliphatic carbocycles. The van der Waals surface area contributed by atoms with Gasteiger partial charge in [0.1, 0.15) is 5.75 Å². The van der Waals surface area contributed by atoms with Crippen LogP contribution < -0.4 is 11.0 Å². The summed E-state index contributed by atoms with van der Waals surface area (Å²) in [5, 5.41) is 13.5. The molecule has 0 fully saturated rings. The lowest BCUT2D eigenvalue weighted by Crippen LogP contribution is -2.10. The molecule has 0 aliphatic heterocycles. The lowest BCUT2D eigenvalue weighted by Gasteiger charge is -2.01. The Bertz CT molecular complexity index is 682. The number of hydrogen-bond donors (Lipinski definition) is 3. The van der Waals surface area contributed by atoms with E-state index in [4.69, 9.17) is 0 Å². The Morgan fingerprint density at radius 1 is 1.47 bits per heavy atom. The molecule has 0 aliphatic rings. The third-order valence-electron chi connectivity index (χ3n) is 2.23. The van der Waals surface area contributed by atoms with Crippen molar-refractivity contribution in [3.05, 3.63) is 50.3 Å². The molecule has 0 bridgehead atoms. The van der Waals surface area contributed by atoms with E-state index >= 15 is 0 Å². The zero-order valence-corrected chi connectivity index (χ0v) is 11.6. The molecular formula is C12H11BrN4O2. The van der Waals surface area contributed by atoms with E-state index < -0.39 is 0 Å². The molecule has 2 aromatic rings. The molecule has 0 unspecified atom stereocenters. The highest BCUT2D eigenvalue weighted by molar-refractivity contribution is 9.10. The van der Waals surface area contributed by atoms with Crippen LogP contribution in [0, 0.1) is 6.92 Å². The van der Waals surface area contributed by atoms with Gasteiger partial charge in [0.2, 0.25) is 5.95 Å². The average molecular weight is 323 g/mol. The van der Waals surface area contributed by atoms with Gasteiger partial charge in [0, 0.05) is 21.8 Å². The molecule has 0 atom stereocenters. The number of phenolic OH excluding ortho intramolecular Hbond substituents is 1.